The van der Waals surface area contributed by atoms with Crippen molar-refractivity contribution in [1.29, 1.82) is 0 Å². The van der Waals surface area contributed by atoms with Crippen LogP contribution >= 0.6 is 0 Å². The number of nitrogens with one attached hydrogen (secondary N) is 2. The first kappa shape index (κ1) is 20.3. The SMILES string of the molecule is Cc1nn(-c2ccc(F)cc2F)c(C)c1C(=O)NNc1ccccc1C(F)(F)F. The predicted molar refractivity (Wildman–Crippen MR) is 95.5 cm³/mol. The highest BCUT2D eigenvalue weighted by atomic mass is 19.4. The van der Waals surface area contributed by atoms with Crippen LogP contribution in [0, 0.1) is 25.5 Å². The lowest BCUT2D eigenvalue weighted by atomic mass is 10.1. The van der Waals surface area contributed by atoms with E-state index >= 15 is 0 Å². The fourth-order valence-electron chi connectivity index (χ4n) is 2.88. The largest absolute Gasteiger partial charge is 0.418 e. The Kier molecular flexibility index (Phi) is 5.27. The lowest BCUT2D eigenvalue weighted by Crippen LogP contribution is -2.31. The van der Waals surface area contributed by atoms with Crippen molar-refractivity contribution in [3.05, 3.63) is 76.6 Å². The van der Waals surface area contributed by atoms with E-state index in [-0.39, 0.29) is 28.3 Å². The molecular formula is C19H15F5N4O. The fraction of sp³-hybridized carbons (Fsp3) is 0.158. The van der Waals surface area contributed by atoms with Crippen molar-refractivity contribution in [3.63, 3.8) is 0 Å². The van der Waals surface area contributed by atoms with Crippen LogP contribution in [-0.2, 0) is 6.18 Å². The number of halogens is 5. The summed E-state index contributed by atoms with van der Waals surface area (Å²) in [4.78, 5) is 12.5. The molecule has 1 amide bonds. The number of alkyl halides is 3. The normalized spacial score (nSPS) is 11.4. The first-order valence-electron chi connectivity index (χ1n) is 8.34. The monoisotopic (exact) mass is 410 g/mol. The molecule has 2 N–H and O–H groups in total. The number of hydrogen-bond acceptors (Lipinski definition) is 3. The highest BCUT2D eigenvalue weighted by Gasteiger charge is 2.33. The molecule has 0 saturated carbocycles. The van der Waals surface area contributed by atoms with Crippen LogP contribution in [0.2, 0.25) is 0 Å². The van der Waals surface area contributed by atoms with Crippen LogP contribution in [-0.4, -0.2) is 15.7 Å². The van der Waals surface area contributed by atoms with Crippen molar-refractivity contribution >= 4 is 11.6 Å². The van der Waals surface area contributed by atoms with Gasteiger partial charge in [0.05, 0.1) is 28.2 Å². The molecular weight excluding hydrogens is 395 g/mol. The Bertz CT molecular complexity index is 1070. The molecule has 29 heavy (non-hydrogen) atoms. The zero-order valence-corrected chi connectivity index (χ0v) is 15.2. The van der Waals surface area contributed by atoms with Crippen molar-refractivity contribution in [1.82, 2.24) is 15.2 Å². The van der Waals surface area contributed by atoms with Gasteiger partial charge < -0.3 is 0 Å². The van der Waals surface area contributed by atoms with Crippen molar-refractivity contribution in [3.8, 4) is 5.69 Å². The number of para-hydroxylation sites is 1. The van der Waals surface area contributed by atoms with E-state index in [0.29, 0.717) is 6.07 Å². The Hall–Kier alpha value is -3.43. The van der Waals surface area contributed by atoms with E-state index in [0.717, 1.165) is 16.8 Å². The molecule has 5 nitrogen and oxygen atoms in total. The fourth-order valence-corrected chi connectivity index (χ4v) is 2.88. The molecule has 10 heteroatoms. The summed E-state index contributed by atoms with van der Waals surface area (Å²) in [5, 5.41) is 4.09. The number of aryl methyl sites for hydroxylation is 1. The average molecular weight is 410 g/mol. The van der Waals surface area contributed by atoms with Crippen LogP contribution in [0.15, 0.2) is 42.5 Å². The second kappa shape index (κ2) is 7.53. The van der Waals surface area contributed by atoms with Gasteiger partial charge in [-0.15, -0.1) is 0 Å². The predicted octanol–water partition coefficient (Wildman–Crippen LogP) is 4.54. The molecule has 0 aliphatic heterocycles. The summed E-state index contributed by atoms with van der Waals surface area (Å²) in [7, 11) is 0. The number of aromatic nitrogens is 2. The summed E-state index contributed by atoms with van der Waals surface area (Å²) in [5.74, 6) is -2.40. The van der Waals surface area contributed by atoms with Crippen LogP contribution in [0.4, 0.5) is 27.6 Å². The Morgan fingerprint density at radius 3 is 2.41 bits per heavy atom. The molecule has 1 aromatic heterocycles. The van der Waals surface area contributed by atoms with Crippen molar-refractivity contribution in [2.24, 2.45) is 0 Å². The van der Waals surface area contributed by atoms with Gasteiger partial charge in [0, 0.05) is 6.07 Å². The summed E-state index contributed by atoms with van der Waals surface area (Å²) in [5.41, 5.74) is 3.61. The molecule has 0 atom stereocenters. The topological polar surface area (TPSA) is 59.0 Å². The quantitative estimate of drug-likeness (QED) is 0.490. The van der Waals surface area contributed by atoms with Crippen LogP contribution in [0.25, 0.3) is 5.69 Å². The van der Waals surface area contributed by atoms with Gasteiger partial charge >= 0.3 is 6.18 Å². The Labute approximate surface area is 162 Å². The number of rotatable bonds is 4. The molecule has 0 radical (unpaired) electrons. The summed E-state index contributed by atoms with van der Waals surface area (Å²) < 4.78 is 67.5. The van der Waals surface area contributed by atoms with Gasteiger partial charge in [0.2, 0.25) is 0 Å². The van der Waals surface area contributed by atoms with Crippen LogP contribution in [0.1, 0.15) is 27.3 Å². The molecule has 0 saturated heterocycles. The van der Waals surface area contributed by atoms with E-state index < -0.39 is 29.3 Å². The number of amides is 1. The average Bonchev–Trinajstić information content (AvgIpc) is 2.93. The van der Waals surface area contributed by atoms with Gasteiger partial charge in [0.15, 0.2) is 5.82 Å². The van der Waals surface area contributed by atoms with Gasteiger partial charge in [0.25, 0.3) is 5.91 Å². The molecule has 3 aromatic rings. The highest BCUT2D eigenvalue weighted by Crippen LogP contribution is 2.34. The third-order valence-electron chi connectivity index (χ3n) is 4.20. The molecule has 0 bridgehead atoms. The first-order chi connectivity index (χ1) is 13.6. The molecule has 2 aromatic carbocycles. The first-order valence-corrected chi connectivity index (χ1v) is 8.34. The molecule has 0 aliphatic rings. The van der Waals surface area contributed by atoms with Gasteiger partial charge in [-0.25, -0.2) is 13.5 Å². The summed E-state index contributed by atoms with van der Waals surface area (Å²) in [6.07, 6.45) is -4.61. The minimum Gasteiger partial charge on any atom is -0.298 e. The standard InChI is InChI=1S/C19H15F5N4O/c1-10-17(11(2)28(27-10)16-8-7-12(20)9-14(16)21)18(29)26-25-15-6-4-3-5-13(15)19(22,23)24/h3-9,25H,1-2H3,(H,26,29). The zero-order chi connectivity index (χ0) is 21.3. The molecule has 0 spiro atoms. The van der Waals surface area contributed by atoms with E-state index in [1.165, 1.54) is 38.1 Å². The van der Waals surface area contributed by atoms with Crippen molar-refractivity contribution < 1.29 is 26.7 Å². The van der Waals surface area contributed by atoms with Gasteiger partial charge in [0.1, 0.15) is 11.5 Å². The number of carbonyl (C=O) groups excluding carboxylic acids is 1. The summed E-state index contributed by atoms with van der Waals surface area (Å²) >= 11 is 0. The van der Waals surface area contributed by atoms with Crippen molar-refractivity contribution in [2.75, 3.05) is 5.43 Å². The zero-order valence-electron chi connectivity index (χ0n) is 15.2. The Balaban J connectivity index is 1.87. The Morgan fingerprint density at radius 2 is 1.76 bits per heavy atom. The van der Waals surface area contributed by atoms with E-state index in [1.807, 2.05) is 0 Å². The maximum Gasteiger partial charge on any atom is 0.418 e. The lowest BCUT2D eigenvalue weighted by molar-refractivity contribution is -0.137. The molecule has 1 heterocycles. The summed E-state index contributed by atoms with van der Waals surface area (Å²) in [6, 6.07) is 7.55. The minimum atomic E-state index is -4.61. The second-order valence-corrected chi connectivity index (χ2v) is 6.18. The third-order valence-corrected chi connectivity index (χ3v) is 4.20. The molecule has 0 aliphatic carbocycles. The number of hydrazine groups is 1. The molecule has 0 fully saturated rings. The number of nitrogens with zero attached hydrogens (tertiary/aromatic N) is 2. The highest BCUT2D eigenvalue weighted by molar-refractivity contribution is 5.97. The van der Waals surface area contributed by atoms with E-state index in [1.54, 1.807) is 0 Å². The Morgan fingerprint density at radius 1 is 1.07 bits per heavy atom. The maximum absolute atomic E-state index is 14.1. The number of carbonyl (C=O) groups is 1. The van der Waals surface area contributed by atoms with E-state index in [9.17, 15) is 26.7 Å². The van der Waals surface area contributed by atoms with Crippen LogP contribution in [0.3, 0.4) is 0 Å². The number of hydrogen-bond donors (Lipinski definition) is 2. The lowest BCUT2D eigenvalue weighted by Gasteiger charge is -2.15. The smallest absolute Gasteiger partial charge is 0.298 e. The van der Waals surface area contributed by atoms with E-state index in [4.69, 9.17) is 0 Å². The molecule has 0 unspecified atom stereocenters. The molecule has 3 rings (SSSR count). The van der Waals surface area contributed by atoms with Gasteiger partial charge in [-0.1, -0.05) is 12.1 Å². The second-order valence-electron chi connectivity index (χ2n) is 6.18. The number of anilines is 1. The molecule has 152 valence electrons. The maximum atomic E-state index is 14.1. The third kappa shape index (κ3) is 4.05. The van der Waals surface area contributed by atoms with Gasteiger partial charge in [-0.2, -0.15) is 18.3 Å². The van der Waals surface area contributed by atoms with Gasteiger partial charge in [-0.3, -0.25) is 15.6 Å². The van der Waals surface area contributed by atoms with Crippen LogP contribution < -0.4 is 10.9 Å². The van der Waals surface area contributed by atoms with Crippen molar-refractivity contribution in [2.45, 2.75) is 20.0 Å². The summed E-state index contributed by atoms with van der Waals surface area (Å²) in [6.45, 7) is 2.98. The van der Waals surface area contributed by atoms with E-state index in [2.05, 4.69) is 16.0 Å². The minimum absolute atomic E-state index is 0.0470. The van der Waals surface area contributed by atoms with Crippen LogP contribution in [0.5, 0.6) is 0 Å². The van der Waals surface area contributed by atoms with Gasteiger partial charge in [-0.05, 0) is 38.1 Å². The number of benzene rings is 2.